The van der Waals surface area contributed by atoms with Crippen LogP contribution in [0.3, 0.4) is 0 Å². The SMILES string of the molecule is CCCc1ccc(C(=O)OCCOCCCCCCCC(C)C)cc1. The van der Waals surface area contributed by atoms with Crippen molar-refractivity contribution in [1.82, 2.24) is 0 Å². The molecule has 0 saturated heterocycles. The first-order valence-electron chi connectivity index (χ1n) is 9.97. The Kier molecular flexibility index (Phi) is 12.0. The number of carbonyl (C=O) groups excluding carboxylic acids is 1. The molecule has 0 amide bonds. The standard InChI is InChI=1S/C22H36O3/c1-4-10-20-12-14-21(15-13-20)22(23)25-18-17-24-16-9-7-5-6-8-11-19(2)3/h12-15,19H,4-11,16-18H2,1-3H3. The Hall–Kier alpha value is -1.35. The topological polar surface area (TPSA) is 35.5 Å². The summed E-state index contributed by atoms with van der Waals surface area (Å²) in [5.41, 5.74) is 1.87. The summed E-state index contributed by atoms with van der Waals surface area (Å²) in [5.74, 6) is 0.553. The van der Waals surface area contributed by atoms with E-state index < -0.39 is 0 Å². The van der Waals surface area contributed by atoms with Crippen molar-refractivity contribution in [2.24, 2.45) is 5.92 Å². The number of ether oxygens (including phenoxy) is 2. The second kappa shape index (κ2) is 13.9. The van der Waals surface area contributed by atoms with Crippen molar-refractivity contribution in [3.63, 3.8) is 0 Å². The highest BCUT2D eigenvalue weighted by Crippen LogP contribution is 2.10. The van der Waals surface area contributed by atoms with E-state index in [4.69, 9.17) is 9.47 Å². The Labute approximate surface area is 154 Å². The molecule has 1 aromatic carbocycles. The van der Waals surface area contributed by atoms with Gasteiger partial charge in [0, 0.05) is 6.61 Å². The highest BCUT2D eigenvalue weighted by Gasteiger charge is 2.06. The summed E-state index contributed by atoms with van der Waals surface area (Å²) >= 11 is 0. The van der Waals surface area contributed by atoms with Crippen molar-refractivity contribution in [1.29, 1.82) is 0 Å². The third-order valence-electron chi connectivity index (χ3n) is 4.26. The summed E-state index contributed by atoms with van der Waals surface area (Å²) in [4.78, 5) is 11.9. The van der Waals surface area contributed by atoms with Crippen LogP contribution in [0.25, 0.3) is 0 Å². The summed E-state index contributed by atoms with van der Waals surface area (Å²) < 4.78 is 10.8. The predicted molar refractivity (Wildman–Crippen MR) is 104 cm³/mol. The fraction of sp³-hybridized carbons (Fsp3) is 0.682. The van der Waals surface area contributed by atoms with Crippen LogP contribution < -0.4 is 0 Å². The van der Waals surface area contributed by atoms with Gasteiger partial charge < -0.3 is 9.47 Å². The molecule has 0 N–H and O–H groups in total. The molecule has 0 aliphatic heterocycles. The van der Waals surface area contributed by atoms with E-state index in [1.807, 2.05) is 24.3 Å². The predicted octanol–water partition coefficient (Wildman–Crippen LogP) is 5.81. The Bertz CT molecular complexity index is 451. The minimum Gasteiger partial charge on any atom is -0.460 e. The maximum atomic E-state index is 11.9. The van der Waals surface area contributed by atoms with Gasteiger partial charge in [-0.25, -0.2) is 4.79 Å². The summed E-state index contributed by atoms with van der Waals surface area (Å²) in [7, 11) is 0. The third kappa shape index (κ3) is 11.0. The zero-order valence-corrected chi connectivity index (χ0v) is 16.4. The lowest BCUT2D eigenvalue weighted by Crippen LogP contribution is -2.11. The molecular weight excluding hydrogens is 312 g/mol. The van der Waals surface area contributed by atoms with Crippen LogP contribution in [-0.4, -0.2) is 25.8 Å². The van der Waals surface area contributed by atoms with E-state index in [0.717, 1.165) is 31.8 Å². The molecular formula is C22H36O3. The van der Waals surface area contributed by atoms with Crippen molar-refractivity contribution in [3.8, 4) is 0 Å². The average molecular weight is 349 g/mol. The average Bonchev–Trinajstić information content (AvgIpc) is 2.60. The smallest absolute Gasteiger partial charge is 0.338 e. The lowest BCUT2D eigenvalue weighted by molar-refractivity contribution is 0.0312. The molecule has 142 valence electrons. The van der Waals surface area contributed by atoms with Crippen molar-refractivity contribution < 1.29 is 14.3 Å². The van der Waals surface area contributed by atoms with Crippen LogP contribution in [0.1, 0.15) is 81.6 Å². The Morgan fingerprint density at radius 3 is 2.28 bits per heavy atom. The molecule has 1 rings (SSSR count). The van der Waals surface area contributed by atoms with Crippen LogP contribution in [-0.2, 0) is 15.9 Å². The van der Waals surface area contributed by atoms with Gasteiger partial charge in [-0.2, -0.15) is 0 Å². The molecule has 1 aromatic rings. The molecule has 0 saturated carbocycles. The van der Waals surface area contributed by atoms with Gasteiger partial charge in [0.15, 0.2) is 0 Å². The van der Waals surface area contributed by atoms with Gasteiger partial charge in [0.1, 0.15) is 6.61 Å². The Balaban J connectivity index is 1.97. The van der Waals surface area contributed by atoms with Crippen LogP contribution in [0.4, 0.5) is 0 Å². The lowest BCUT2D eigenvalue weighted by Gasteiger charge is -2.07. The molecule has 0 atom stereocenters. The molecule has 0 aliphatic rings. The van der Waals surface area contributed by atoms with Gasteiger partial charge in [-0.3, -0.25) is 0 Å². The molecule has 0 aromatic heterocycles. The van der Waals surface area contributed by atoms with Gasteiger partial charge >= 0.3 is 5.97 Å². The number of carbonyl (C=O) groups is 1. The van der Waals surface area contributed by atoms with Crippen LogP contribution in [0.15, 0.2) is 24.3 Å². The summed E-state index contributed by atoms with van der Waals surface area (Å²) in [5, 5.41) is 0. The number of benzene rings is 1. The monoisotopic (exact) mass is 348 g/mol. The van der Waals surface area contributed by atoms with Crippen LogP contribution in [0.5, 0.6) is 0 Å². The molecule has 0 unspecified atom stereocenters. The molecule has 3 nitrogen and oxygen atoms in total. The molecule has 0 aliphatic carbocycles. The van der Waals surface area contributed by atoms with Gasteiger partial charge in [0.2, 0.25) is 0 Å². The zero-order chi connectivity index (χ0) is 18.3. The molecule has 0 spiro atoms. The maximum Gasteiger partial charge on any atom is 0.338 e. The summed E-state index contributed by atoms with van der Waals surface area (Å²) in [6.07, 6.45) is 9.76. The number of unbranched alkanes of at least 4 members (excludes halogenated alkanes) is 4. The number of aryl methyl sites for hydroxylation is 1. The molecule has 25 heavy (non-hydrogen) atoms. The highest BCUT2D eigenvalue weighted by atomic mass is 16.6. The molecule has 0 fully saturated rings. The zero-order valence-electron chi connectivity index (χ0n) is 16.4. The number of hydrogen-bond donors (Lipinski definition) is 0. The normalized spacial score (nSPS) is 11.0. The van der Waals surface area contributed by atoms with Crippen LogP contribution >= 0.6 is 0 Å². The third-order valence-corrected chi connectivity index (χ3v) is 4.26. The summed E-state index contributed by atoms with van der Waals surface area (Å²) in [6.45, 7) is 8.27. The maximum absolute atomic E-state index is 11.9. The number of rotatable bonds is 14. The van der Waals surface area contributed by atoms with Gasteiger partial charge in [0.05, 0.1) is 12.2 Å². The van der Waals surface area contributed by atoms with Gasteiger partial charge in [-0.05, 0) is 36.5 Å². The second-order valence-electron chi connectivity index (χ2n) is 7.15. The minimum absolute atomic E-state index is 0.267. The van der Waals surface area contributed by atoms with Gasteiger partial charge in [-0.15, -0.1) is 0 Å². The van der Waals surface area contributed by atoms with Crippen LogP contribution in [0.2, 0.25) is 0 Å². The quantitative estimate of drug-likeness (QED) is 0.314. The molecule has 3 heteroatoms. The van der Waals surface area contributed by atoms with E-state index in [9.17, 15) is 4.79 Å². The van der Waals surface area contributed by atoms with Crippen molar-refractivity contribution in [3.05, 3.63) is 35.4 Å². The number of hydrogen-bond acceptors (Lipinski definition) is 3. The highest BCUT2D eigenvalue weighted by molar-refractivity contribution is 5.89. The Morgan fingerprint density at radius 1 is 0.920 bits per heavy atom. The lowest BCUT2D eigenvalue weighted by atomic mass is 10.0. The largest absolute Gasteiger partial charge is 0.460 e. The first-order valence-corrected chi connectivity index (χ1v) is 9.97. The second-order valence-corrected chi connectivity index (χ2v) is 7.15. The number of esters is 1. The van der Waals surface area contributed by atoms with Gasteiger partial charge in [0.25, 0.3) is 0 Å². The van der Waals surface area contributed by atoms with Crippen LogP contribution in [0, 0.1) is 5.92 Å². The van der Waals surface area contributed by atoms with E-state index >= 15 is 0 Å². The molecule has 0 bridgehead atoms. The van der Waals surface area contributed by atoms with E-state index in [1.165, 1.54) is 37.7 Å². The van der Waals surface area contributed by atoms with E-state index in [-0.39, 0.29) is 5.97 Å². The fourth-order valence-corrected chi connectivity index (χ4v) is 2.76. The fourth-order valence-electron chi connectivity index (χ4n) is 2.76. The minimum atomic E-state index is -0.267. The van der Waals surface area contributed by atoms with Gasteiger partial charge in [-0.1, -0.05) is 71.4 Å². The van der Waals surface area contributed by atoms with E-state index in [2.05, 4.69) is 20.8 Å². The van der Waals surface area contributed by atoms with E-state index in [1.54, 1.807) is 0 Å². The first-order chi connectivity index (χ1) is 12.1. The molecule has 0 heterocycles. The first kappa shape index (κ1) is 21.7. The summed E-state index contributed by atoms with van der Waals surface area (Å²) in [6, 6.07) is 7.68. The molecule has 0 radical (unpaired) electrons. The Morgan fingerprint density at radius 2 is 1.60 bits per heavy atom. The van der Waals surface area contributed by atoms with Crippen molar-refractivity contribution in [2.75, 3.05) is 19.8 Å². The van der Waals surface area contributed by atoms with Crippen molar-refractivity contribution in [2.45, 2.75) is 72.1 Å². The van der Waals surface area contributed by atoms with Crippen molar-refractivity contribution >= 4 is 5.97 Å². The van der Waals surface area contributed by atoms with E-state index in [0.29, 0.717) is 18.8 Å².